The lowest BCUT2D eigenvalue weighted by molar-refractivity contribution is -0.137. The zero-order valence-corrected chi connectivity index (χ0v) is 19.6. The summed E-state index contributed by atoms with van der Waals surface area (Å²) in [7, 11) is 0. The Kier molecular flexibility index (Phi) is 8.28. The molecular formula is C26H31N5O3. The van der Waals surface area contributed by atoms with E-state index in [0.717, 1.165) is 48.3 Å². The molecule has 0 aromatic heterocycles. The Morgan fingerprint density at radius 1 is 1.15 bits per heavy atom. The van der Waals surface area contributed by atoms with Gasteiger partial charge in [0.05, 0.1) is 13.0 Å². The molecule has 0 saturated carbocycles. The number of amidine groups is 1. The molecule has 5 N–H and O–H groups in total. The van der Waals surface area contributed by atoms with Crippen LogP contribution in [0.15, 0.2) is 36.4 Å². The minimum absolute atomic E-state index is 0.0320. The molecule has 1 aliphatic rings. The van der Waals surface area contributed by atoms with Crippen molar-refractivity contribution in [3.8, 4) is 11.8 Å². The number of aryl methyl sites for hydroxylation is 2. The van der Waals surface area contributed by atoms with Gasteiger partial charge in [-0.05, 0) is 74.2 Å². The van der Waals surface area contributed by atoms with Crippen molar-refractivity contribution in [2.45, 2.75) is 33.1 Å². The molecule has 1 fully saturated rings. The number of carbonyl (C=O) groups is 2. The second-order valence-corrected chi connectivity index (χ2v) is 8.36. The van der Waals surface area contributed by atoms with Gasteiger partial charge in [0.15, 0.2) is 0 Å². The van der Waals surface area contributed by atoms with Crippen molar-refractivity contribution in [2.75, 3.05) is 31.5 Å². The van der Waals surface area contributed by atoms with Gasteiger partial charge in [-0.2, -0.15) is 0 Å². The van der Waals surface area contributed by atoms with Crippen molar-refractivity contribution in [2.24, 2.45) is 5.73 Å². The van der Waals surface area contributed by atoms with E-state index in [1.165, 1.54) is 0 Å². The number of carboxylic acid groups (broad SMARTS) is 1. The summed E-state index contributed by atoms with van der Waals surface area (Å²) in [4.78, 5) is 24.4. The Morgan fingerprint density at radius 3 is 2.44 bits per heavy atom. The van der Waals surface area contributed by atoms with Crippen LogP contribution in [0.2, 0.25) is 0 Å². The molecule has 0 bridgehead atoms. The van der Waals surface area contributed by atoms with Gasteiger partial charge < -0.3 is 16.2 Å². The highest BCUT2D eigenvalue weighted by Gasteiger charge is 2.27. The van der Waals surface area contributed by atoms with Crippen molar-refractivity contribution >= 4 is 23.4 Å². The molecule has 2 aromatic rings. The summed E-state index contributed by atoms with van der Waals surface area (Å²) in [5.74, 6) is 5.22. The molecule has 178 valence electrons. The van der Waals surface area contributed by atoms with Gasteiger partial charge in [0.1, 0.15) is 5.84 Å². The second-order valence-electron chi connectivity index (χ2n) is 8.36. The number of aliphatic carboxylic acids is 1. The number of benzene rings is 2. The fraction of sp³-hybridized carbons (Fsp3) is 0.346. The van der Waals surface area contributed by atoms with E-state index >= 15 is 0 Å². The number of hydrogen-bond donors (Lipinski definition) is 4. The van der Waals surface area contributed by atoms with Crippen LogP contribution in [0, 0.1) is 31.1 Å². The number of rotatable bonds is 8. The van der Waals surface area contributed by atoms with E-state index in [2.05, 4.69) is 17.2 Å². The van der Waals surface area contributed by atoms with E-state index in [4.69, 9.17) is 16.2 Å². The number of carboxylic acids is 1. The number of carbonyl (C=O) groups excluding carboxylic acids is 1. The summed E-state index contributed by atoms with van der Waals surface area (Å²) in [6.07, 6.45) is 1.91. The molecule has 1 amide bonds. The van der Waals surface area contributed by atoms with E-state index < -0.39 is 5.97 Å². The zero-order valence-electron chi connectivity index (χ0n) is 19.6. The first-order chi connectivity index (χ1) is 16.3. The zero-order chi connectivity index (χ0) is 24.7. The van der Waals surface area contributed by atoms with Crippen molar-refractivity contribution < 1.29 is 14.7 Å². The van der Waals surface area contributed by atoms with Crippen LogP contribution in [0.25, 0.3) is 0 Å². The van der Waals surface area contributed by atoms with Gasteiger partial charge in [0, 0.05) is 42.0 Å². The molecule has 0 spiro atoms. The molecule has 1 saturated heterocycles. The van der Waals surface area contributed by atoms with Gasteiger partial charge in [-0.25, -0.2) is 5.01 Å². The maximum absolute atomic E-state index is 13.3. The molecule has 2 aromatic carbocycles. The van der Waals surface area contributed by atoms with E-state index in [1.807, 2.05) is 43.1 Å². The second kappa shape index (κ2) is 11.3. The Bertz CT molecular complexity index is 1130. The molecular weight excluding hydrogens is 430 g/mol. The number of nitrogen functional groups attached to an aromatic ring is 1. The van der Waals surface area contributed by atoms with Gasteiger partial charge in [0.25, 0.3) is 5.91 Å². The SMILES string of the molecule is Cc1cc(C(=O)N(CCC(=O)O)N2CCCC2)c(C)cc1C#CCNc1ccc(C(=N)N)cc1. The fourth-order valence-corrected chi connectivity index (χ4v) is 3.89. The number of nitrogens with zero attached hydrogens (tertiary/aromatic N) is 2. The molecule has 0 unspecified atom stereocenters. The van der Waals surface area contributed by atoms with Crippen molar-refractivity contribution in [3.05, 3.63) is 64.2 Å². The lowest BCUT2D eigenvalue weighted by Gasteiger charge is -2.32. The minimum Gasteiger partial charge on any atom is -0.481 e. The van der Waals surface area contributed by atoms with E-state index in [-0.39, 0.29) is 24.7 Å². The van der Waals surface area contributed by atoms with Crippen LogP contribution in [0.1, 0.15) is 51.9 Å². The average Bonchev–Trinajstić information content (AvgIpc) is 3.33. The van der Waals surface area contributed by atoms with Gasteiger partial charge in [-0.15, -0.1) is 0 Å². The average molecular weight is 462 g/mol. The molecule has 0 radical (unpaired) electrons. The van der Waals surface area contributed by atoms with Crippen LogP contribution in [0.4, 0.5) is 5.69 Å². The Balaban J connectivity index is 1.70. The predicted octanol–water partition coefficient (Wildman–Crippen LogP) is 2.98. The van der Waals surface area contributed by atoms with Crippen LogP contribution in [0.5, 0.6) is 0 Å². The lowest BCUT2D eigenvalue weighted by Crippen LogP contribution is -2.46. The lowest BCUT2D eigenvalue weighted by atomic mass is 9.99. The molecule has 0 atom stereocenters. The van der Waals surface area contributed by atoms with Gasteiger partial charge in [-0.3, -0.25) is 20.0 Å². The number of anilines is 1. The maximum atomic E-state index is 13.3. The first-order valence-corrected chi connectivity index (χ1v) is 11.3. The van der Waals surface area contributed by atoms with Crippen LogP contribution in [-0.2, 0) is 4.79 Å². The standard InChI is InChI=1S/C26H31N5O3/c1-18-17-23(26(34)31(15-11-24(32)33)30-13-3-4-14-30)19(2)16-21(18)6-5-12-29-22-9-7-20(8-10-22)25(27)28/h7-10,16-17,29H,3-4,11-15H2,1-2H3,(H3,27,28)(H,32,33). The third-order valence-corrected chi connectivity index (χ3v) is 5.80. The Labute approximate surface area is 200 Å². The van der Waals surface area contributed by atoms with Gasteiger partial charge >= 0.3 is 5.97 Å². The number of nitrogens with two attached hydrogens (primary N) is 1. The smallest absolute Gasteiger partial charge is 0.305 e. The molecule has 1 aliphatic heterocycles. The van der Waals surface area contributed by atoms with Gasteiger partial charge in [-0.1, -0.05) is 11.8 Å². The van der Waals surface area contributed by atoms with E-state index in [1.54, 1.807) is 17.1 Å². The summed E-state index contributed by atoms with van der Waals surface area (Å²) in [5, 5.41) is 23.3. The third-order valence-electron chi connectivity index (χ3n) is 5.80. The summed E-state index contributed by atoms with van der Waals surface area (Å²) in [5.41, 5.74) is 10.2. The molecule has 1 heterocycles. The first-order valence-electron chi connectivity index (χ1n) is 11.3. The number of hydrazine groups is 1. The quantitative estimate of drug-likeness (QED) is 0.272. The van der Waals surface area contributed by atoms with Crippen molar-refractivity contribution in [1.82, 2.24) is 10.0 Å². The largest absolute Gasteiger partial charge is 0.481 e. The highest BCUT2D eigenvalue weighted by atomic mass is 16.4. The Morgan fingerprint density at radius 2 is 1.82 bits per heavy atom. The van der Waals surface area contributed by atoms with Crippen molar-refractivity contribution in [1.29, 1.82) is 5.41 Å². The predicted molar refractivity (Wildman–Crippen MR) is 133 cm³/mol. The molecule has 0 aliphatic carbocycles. The number of hydrogen-bond acceptors (Lipinski definition) is 5. The number of nitrogens with one attached hydrogen (secondary N) is 2. The highest BCUT2D eigenvalue weighted by Crippen LogP contribution is 2.21. The van der Waals surface area contributed by atoms with Crippen LogP contribution in [0.3, 0.4) is 0 Å². The molecule has 34 heavy (non-hydrogen) atoms. The fourth-order valence-electron chi connectivity index (χ4n) is 3.89. The first kappa shape index (κ1) is 24.8. The summed E-state index contributed by atoms with van der Waals surface area (Å²) < 4.78 is 0. The molecule has 8 heteroatoms. The molecule has 8 nitrogen and oxygen atoms in total. The normalized spacial score (nSPS) is 13.1. The minimum atomic E-state index is -0.918. The van der Waals surface area contributed by atoms with Crippen LogP contribution >= 0.6 is 0 Å². The van der Waals surface area contributed by atoms with Crippen LogP contribution in [-0.4, -0.2) is 59.0 Å². The summed E-state index contributed by atoms with van der Waals surface area (Å²) >= 11 is 0. The van der Waals surface area contributed by atoms with E-state index in [0.29, 0.717) is 17.7 Å². The van der Waals surface area contributed by atoms with Gasteiger partial charge in [0.2, 0.25) is 0 Å². The monoisotopic (exact) mass is 461 g/mol. The molecule has 3 rings (SSSR count). The van der Waals surface area contributed by atoms with E-state index in [9.17, 15) is 9.59 Å². The van der Waals surface area contributed by atoms with Crippen molar-refractivity contribution in [3.63, 3.8) is 0 Å². The topological polar surface area (TPSA) is 123 Å². The number of amides is 1. The van der Waals surface area contributed by atoms with Crippen LogP contribution < -0.4 is 11.1 Å². The Hall–Kier alpha value is -3.83. The maximum Gasteiger partial charge on any atom is 0.305 e. The summed E-state index contributed by atoms with van der Waals surface area (Å²) in [6, 6.07) is 11.0. The highest BCUT2D eigenvalue weighted by molar-refractivity contribution is 5.96. The third kappa shape index (κ3) is 6.36. The summed E-state index contributed by atoms with van der Waals surface area (Å²) in [6.45, 7) is 5.93.